The van der Waals surface area contributed by atoms with E-state index < -0.39 is 0 Å². The Kier molecular flexibility index (Phi) is 4.45. The molecule has 2 heterocycles. The lowest BCUT2D eigenvalue weighted by Crippen LogP contribution is -2.27. The van der Waals surface area contributed by atoms with Gasteiger partial charge in [-0.15, -0.1) is 11.3 Å². The van der Waals surface area contributed by atoms with Crippen molar-refractivity contribution in [3.63, 3.8) is 0 Å². The van der Waals surface area contributed by atoms with Crippen molar-refractivity contribution in [2.45, 2.75) is 52.1 Å². The maximum absolute atomic E-state index is 6.33. The van der Waals surface area contributed by atoms with Crippen molar-refractivity contribution in [1.82, 2.24) is 9.97 Å². The first-order valence-corrected chi connectivity index (χ1v) is 8.76. The van der Waals surface area contributed by atoms with E-state index in [1.165, 1.54) is 17.7 Å². The molecule has 0 saturated heterocycles. The largest absolute Gasteiger partial charge is 0.348 e. The minimum atomic E-state index is 0.597. The third-order valence-corrected chi connectivity index (χ3v) is 4.98. The molecule has 0 unspecified atom stereocenters. The third kappa shape index (κ3) is 3.38. The van der Waals surface area contributed by atoms with Gasteiger partial charge < -0.3 is 4.90 Å². The van der Waals surface area contributed by atoms with Crippen LogP contribution in [0.3, 0.4) is 0 Å². The summed E-state index contributed by atoms with van der Waals surface area (Å²) in [5.74, 6) is 1.88. The minimum Gasteiger partial charge on any atom is -0.348 e. The van der Waals surface area contributed by atoms with Gasteiger partial charge in [0.15, 0.2) is 0 Å². The Morgan fingerprint density at radius 1 is 1.38 bits per heavy atom. The molecular weight excluding hydrogens is 302 g/mol. The molecule has 0 aromatic carbocycles. The van der Waals surface area contributed by atoms with Gasteiger partial charge in [0.25, 0.3) is 0 Å². The Bertz CT molecular complexity index is 608. The fraction of sp³-hybridized carbons (Fsp3) is 0.500. The number of nitrogens with zero attached hydrogens (tertiary/aromatic N) is 3. The Labute approximate surface area is 135 Å². The molecule has 2 aromatic rings. The molecule has 5 heteroatoms. The van der Waals surface area contributed by atoms with Gasteiger partial charge in [-0.2, -0.15) is 0 Å². The number of rotatable bonds is 6. The van der Waals surface area contributed by atoms with E-state index >= 15 is 0 Å². The molecule has 112 valence electrons. The summed E-state index contributed by atoms with van der Waals surface area (Å²) < 4.78 is 0. The van der Waals surface area contributed by atoms with Crippen LogP contribution in [-0.4, -0.2) is 16.0 Å². The zero-order chi connectivity index (χ0) is 14.8. The molecule has 1 saturated carbocycles. The highest BCUT2D eigenvalue weighted by Crippen LogP contribution is 2.35. The van der Waals surface area contributed by atoms with Gasteiger partial charge in [-0.3, -0.25) is 0 Å². The van der Waals surface area contributed by atoms with Crippen LogP contribution >= 0.6 is 22.9 Å². The minimum absolute atomic E-state index is 0.597. The van der Waals surface area contributed by atoms with Crippen molar-refractivity contribution in [3.8, 4) is 0 Å². The second-order valence-corrected chi connectivity index (χ2v) is 6.96. The number of aryl methyl sites for hydroxylation is 1. The van der Waals surface area contributed by atoms with Crippen molar-refractivity contribution in [1.29, 1.82) is 0 Å². The number of hydrogen-bond acceptors (Lipinski definition) is 4. The monoisotopic (exact) mass is 321 g/mol. The number of thiophene rings is 1. The van der Waals surface area contributed by atoms with Crippen LogP contribution in [0, 0.1) is 6.92 Å². The predicted molar refractivity (Wildman–Crippen MR) is 89.3 cm³/mol. The van der Waals surface area contributed by atoms with Crippen LogP contribution in [-0.2, 0) is 13.0 Å². The second-order valence-electron chi connectivity index (χ2n) is 5.57. The molecule has 0 amide bonds. The van der Waals surface area contributed by atoms with Gasteiger partial charge in [0.2, 0.25) is 0 Å². The molecule has 0 atom stereocenters. The quantitative estimate of drug-likeness (QED) is 0.727. The second kappa shape index (κ2) is 6.32. The molecule has 0 bridgehead atoms. The van der Waals surface area contributed by atoms with Crippen molar-refractivity contribution in [2.75, 3.05) is 4.90 Å². The van der Waals surface area contributed by atoms with Crippen LogP contribution in [0.5, 0.6) is 0 Å². The van der Waals surface area contributed by atoms with Crippen LogP contribution in [0.25, 0.3) is 0 Å². The van der Waals surface area contributed by atoms with Gasteiger partial charge in [0.05, 0.1) is 6.54 Å². The summed E-state index contributed by atoms with van der Waals surface area (Å²) in [7, 11) is 0. The summed E-state index contributed by atoms with van der Waals surface area (Å²) in [6.45, 7) is 5.08. The van der Waals surface area contributed by atoms with Crippen LogP contribution in [0.1, 0.15) is 42.5 Å². The predicted octanol–water partition coefficient (Wildman–Crippen LogP) is 4.62. The fourth-order valence-corrected chi connectivity index (χ4v) is 3.35. The van der Waals surface area contributed by atoms with Crippen molar-refractivity contribution >= 4 is 28.8 Å². The summed E-state index contributed by atoms with van der Waals surface area (Å²) >= 11 is 8.13. The third-order valence-electron chi connectivity index (χ3n) is 3.75. The van der Waals surface area contributed by atoms with E-state index in [2.05, 4.69) is 34.3 Å². The molecule has 2 aromatic heterocycles. The first-order valence-electron chi connectivity index (χ1n) is 7.51. The molecule has 3 nitrogen and oxygen atoms in total. The molecule has 0 aliphatic heterocycles. The van der Waals surface area contributed by atoms with Gasteiger partial charge in [-0.05, 0) is 37.6 Å². The Hall–Kier alpha value is -1.13. The van der Waals surface area contributed by atoms with Gasteiger partial charge in [0, 0.05) is 22.9 Å². The molecular formula is C16H20ClN3S. The van der Waals surface area contributed by atoms with Crippen LogP contribution in [0.4, 0.5) is 5.82 Å². The van der Waals surface area contributed by atoms with Gasteiger partial charge in [0.1, 0.15) is 16.8 Å². The molecule has 21 heavy (non-hydrogen) atoms. The van der Waals surface area contributed by atoms with E-state index in [9.17, 15) is 0 Å². The number of aromatic nitrogens is 2. The highest BCUT2D eigenvalue weighted by molar-refractivity contribution is 7.09. The smallest absolute Gasteiger partial charge is 0.137 e. The number of halogens is 1. The van der Waals surface area contributed by atoms with Crippen LogP contribution < -0.4 is 4.90 Å². The number of anilines is 1. The average molecular weight is 322 g/mol. The molecule has 1 aliphatic rings. The molecule has 0 radical (unpaired) electrons. The van der Waals surface area contributed by atoms with Gasteiger partial charge in [-0.1, -0.05) is 24.6 Å². The summed E-state index contributed by atoms with van der Waals surface area (Å²) in [6.07, 6.45) is 4.41. The van der Waals surface area contributed by atoms with E-state index in [0.29, 0.717) is 11.2 Å². The Morgan fingerprint density at radius 3 is 2.81 bits per heavy atom. The number of hydrogen-bond donors (Lipinski definition) is 0. The van der Waals surface area contributed by atoms with E-state index in [1.807, 2.05) is 6.92 Å². The normalized spacial score (nSPS) is 14.4. The maximum Gasteiger partial charge on any atom is 0.137 e. The van der Waals surface area contributed by atoms with E-state index in [-0.39, 0.29) is 0 Å². The lowest BCUT2D eigenvalue weighted by Gasteiger charge is -2.25. The molecule has 3 rings (SSSR count). The standard InChI is InChI=1S/C16H20ClN3S/c1-3-5-14-18-15(17)11(2)16(19-14)20(12-7-8-12)10-13-6-4-9-21-13/h4,6,9,12H,3,5,7-8,10H2,1-2H3. The zero-order valence-electron chi connectivity index (χ0n) is 12.5. The van der Waals surface area contributed by atoms with Crippen molar-refractivity contribution in [2.24, 2.45) is 0 Å². The Morgan fingerprint density at radius 2 is 2.19 bits per heavy atom. The average Bonchev–Trinajstić information content (AvgIpc) is 3.18. The van der Waals surface area contributed by atoms with Crippen molar-refractivity contribution in [3.05, 3.63) is 38.9 Å². The zero-order valence-corrected chi connectivity index (χ0v) is 14.0. The summed E-state index contributed by atoms with van der Waals surface area (Å²) in [5, 5.41) is 2.73. The van der Waals surface area contributed by atoms with E-state index in [1.54, 1.807) is 11.3 Å². The van der Waals surface area contributed by atoms with Crippen LogP contribution in [0.2, 0.25) is 5.15 Å². The van der Waals surface area contributed by atoms with Gasteiger partial charge in [-0.25, -0.2) is 9.97 Å². The summed E-state index contributed by atoms with van der Waals surface area (Å²) in [4.78, 5) is 13.0. The fourth-order valence-electron chi connectivity index (χ4n) is 2.47. The molecule has 1 aliphatic carbocycles. The topological polar surface area (TPSA) is 29.0 Å². The molecule has 0 N–H and O–H groups in total. The lowest BCUT2D eigenvalue weighted by molar-refractivity contribution is 0.756. The summed E-state index contributed by atoms with van der Waals surface area (Å²) in [6, 6.07) is 4.89. The highest BCUT2D eigenvalue weighted by atomic mass is 35.5. The molecule has 1 fully saturated rings. The SMILES string of the molecule is CCCc1nc(Cl)c(C)c(N(Cc2cccs2)C2CC2)n1. The van der Waals surface area contributed by atoms with E-state index in [0.717, 1.165) is 36.6 Å². The van der Waals surface area contributed by atoms with E-state index in [4.69, 9.17) is 16.6 Å². The van der Waals surface area contributed by atoms with Crippen molar-refractivity contribution < 1.29 is 0 Å². The Balaban J connectivity index is 1.94. The molecule has 0 spiro atoms. The maximum atomic E-state index is 6.33. The lowest BCUT2D eigenvalue weighted by atomic mass is 10.2. The first kappa shape index (κ1) is 14.8. The highest BCUT2D eigenvalue weighted by Gasteiger charge is 2.32. The first-order chi connectivity index (χ1) is 10.2. The summed E-state index contributed by atoms with van der Waals surface area (Å²) in [5.41, 5.74) is 1.000. The van der Waals surface area contributed by atoms with Gasteiger partial charge >= 0.3 is 0 Å². The van der Waals surface area contributed by atoms with Crippen LogP contribution in [0.15, 0.2) is 17.5 Å².